The lowest BCUT2D eigenvalue weighted by Crippen LogP contribution is -2.68. The number of carbonyl (C=O) groups excluding carboxylic acids is 1. The van der Waals surface area contributed by atoms with Crippen molar-refractivity contribution in [3.8, 4) is 0 Å². The average molecular weight is 387 g/mol. The van der Waals surface area contributed by atoms with Crippen LogP contribution in [-0.2, 0) is 9.47 Å². The molecule has 2 fully saturated rings. The van der Waals surface area contributed by atoms with Crippen LogP contribution < -0.4 is 4.90 Å². The Morgan fingerprint density at radius 1 is 1.38 bits per heavy atom. The van der Waals surface area contributed by atoms with Crippen LogP contribution >= 0.6 is 11.6 Å². The summed E-state index contributed by atoms with van der Waals surface area (Å²) in [5, 5.41) is 8.12. The Bertz CT molecular complexity index is 654. The van der Waals surface area contributed by atoms with Gasteiger partial charge in [0.1, 0.15) is 11.8 Å². The van der Waals surface area contributed by atoms with Gasteiger partial charge in [0.25, 0.3) is 0 Å². The molecule has 3 rings (SSSR count). The maximum Gasteiger partial charge on any atom is 0.411 e. The highest BCUT2D eigenvalue weighted by Gasteiger charge is 2.50. The van der Waals surface area contributed by atoms with Gasteiger partial charge in [-0.2, -0.15) is 0 Å². The van der Waals surface area contributed by atoms with Crippen LogP contribution in [0.1, 0.15) is 27.2 Å². The maximum atomic E-state index is 15.3. The lowest BCUT2D eigenvalue weighted by molar-refractivity contribution is -0.107. The van der Waals surface area contributed by atoms with E-state index in [9.17, 15) is 4.79 Å². The molecule has 26 heavy (non-hydrogen) atoms. The number of rotatable bonds is 2. The van der Waals surface area contributed by atoms with Gasteiger partial charge in [0, 0.05) is 7.05 Å². The molecule has 0 radical (unpaired) electrons. The third-order valence-electron chi connectivity index (χ3n) is 4.68. The Morgan fingerprint density at radius 2 is 2.12 bits per heavy atom. The van der Waals surface area contributed by atoms with Crippen molar-refractivity contribution in [1.29, 1.82) is 0 Å². The molecule has 2 saturated heterocycles. The molecule has 0 unspecified atom stereocenters. The highest BCUT2D eigenvalue weighted by Crippen LogP contribution is 2.34. The number of aromatic nitrogens is 2. The fraction of sp³-hybridized carbons (Fsp3) is 0.706. The van der Waals surface area contributed by atoms with Gasteiger partial charge in [-0.15, -0.1) is 10.2 Å². The van der Waals surface area contributed by atoms with E-state index < -0.39 is 29.9 Å². The Kier molecular flexibility index (Phi) is 5.25. The number of halogens is 2. The SMILES string of the molecule is CN(c1ccc(Cl)nn1)[C@@H]1C[C@H]2COC[C@H]([C@@H]1F)N2C(=O)OC(C)(C)C. The Morgan fingerprint density at radius 3 is 2.73 bits per heavy atom. The predicted molar refractivity (Wildman–Crippen MR) is 95.2 cm³/mol. The van der Waals surface area contributed by atoms with E-state index in [2.05, 4.69) is 10.2 Å². The number of carbonyl (C=O) groups is 1. The number of piperidine rings is 1. The zero-order chi connectivity index (χ0) is 19.1. The summed E-state index contributed by atoms with van der Waals surface area (Å²) in [7, 11) is 1.77. The number of amides is 1. The second-order valence-electron chi connectivity index (χ2n) is 7.72. The van der Waals surface area contributed by atoms with Crippen molar-refractivity contribution in [2.45, 2.75) is 57.1 Å². The molecular weight excluding hydrogens is 363 g/mol. The first-order valence-electron chi connectivity index (χ1n) is 8.62. The van der Waals surface area contributed by atoms with Crippen molar-refractivity contribution in [2.75, 3.05) is 25.2 Å². The number of anilines is 1. The first-order valence-corrected chi connectivity index (χ1v) is 9.00. The van der Waals surface area contributed by atoms with Gasteiger partial charge >= 0.3 is 6.09 Å². The largest absolute Gasteiger partial charge is 0.444 e. The number of hydrogen-bond acceptors (Lipinski definition) is 6. The van der Waals surface area contributed by atoms with Crippen molar-refractivity contribution in [3.05, 3.63) is 17.3 Å². The second kappa shape index (κ2) is 7.15. The van der Waals surface area contributed by atoms with Gasteiger partial charge in [-0.25, -0.2) is 9.18 Å². The van der Waals surface area contributed by atoms with Crippen molar-refractivity contribution >= 4 is 23.5 Å². The zero-order valence-corrected chi connectivity index (χ0v) is 16.1. The van der Waals surface area contributed by atoms with Crippen LogP contribution in [0.5, 0.6) is 0 Å². The first-order chi connectivity index (χ1) is 12.2. The minimum absolute atomic E-state index is 0.146. The van der Waals surface area contributed by atoms with Crippen LogP contribution in [0.15, 0.2) is 12.1 Å². The molecule has 9 heteroatoms. The van der Waals surface area contributed by atoms with Gasteiger partial charge in [0.05, 0.1) is 31.3 Å². The van der Waals surface area contributed by atoms with Crippen LogP contribution in [0.3, 0.4) is 0 Å². The summed E-state index contributed by atoms with van der Waals surface area (Å²) in [6.07, 6.45) is -1.38. The van der Waals surface area contributed by atoms with Gasteiger partial charge in [0.2, 0.25) is 0 Å². The summed E-state index contributed by atoms with van der Waals surface area (Å²) in [6, 6.07) is 1.94. The smallest absolute Gasteiger partial charge is 0.411 e. The molecular formula is C17H24ClFN4O3. The van der Waals surface area contributed by atoms with E-state index in [1.807, 2.05) is 0 Å². The van der Waals surface area contributed by atoms with Crippen LogP contribution in [-0.4, -0.2) is 71.4 Å². The quantitative estimate of drug-likeness (QED) is 0.778. The predicted octanol–water partition coefficient (Wildman–Crippen LogP) is 2.68. The van der Waals surface area contributed by atoms with Crippen LogP contribution in [0.25, 0.3) is 0 Å². The van der Waals surface area contributed by atoms with Gasteiger partial charge in [-0.1, -0.05) is 11.6 Å². The zero-order valence-electron chi connectivity index (χ0n) is 15.4. The fourth-order valence-corrected chi connectivity index (χ4v) is 3.59. The van der Waals surface area contributed by atoms with E-state index >= 15 is 4.39 Å². The van der Waals surface area contributed by atoms with Crippen molar-refractivity contribution < 1.29 is 18.7 Å². The number of ether oxygens (including phenoxy) is 2. The number of alkyl halides is 1. The van der Waals surface area contributed by atoms with Crippen molar-refractivity contribution in [3.63, 3.8) is 0 Å². The minimum atomic E-state index is -1.30. The van der Waals surface area contributed by atoms with Gasteiger partial charge in [-0.05, 0) is 39.3 Å². The molecule has 1 amide bonds. The molecule has 2 aliphatic rings. The summed E-state index contributed by atoms with van der Waals surface area (Å²) in [5.41, 5.74) is -0.634. The Hall–Kier alpha value is -1.67. The normalized spacial score (nSPS) is 28.6. The maximum absolute atomic E-state index is 15.3. The molecule has 2 bridgehead atoms. The van der Waals surface area contributed by atoms with E-state index in [0.29, 0.717) is 18.8 Å². The summed E-state index contributed by atoms with van der Waals surface area (Å²) in [6.45, 7) is 5.89. The molecule has 1 aromatic rings. The van der Waals surface area contributed by atoms with E-state index in [4.69, 9.17) is 21.1 Å². The molecule has 0 aliphatic carbocycles. The molecule has 7 nitrogen and oxygen atoms in total. The van der Waals surface area contributed by atoms with Crippen LogP contribution in [0, 0.1) is 0 Å². The minimum Gasteiger partial charge on any atom is -0.444 e. The molecule has 1 aromatic heterocycles. The summed E-state index contributed by atoms with van der Waals surface area (Å²) in [4.78, 5) is 15.9. The number of hydrogen-bond donors (Lipinski definition) is 0. The number of morpholine rings is 1. The monoisotopic (exact) mass is 386 g/mol. The molecule has 0 N–H and O–H groups in total. The van der Waals surface area contributed by atoms with E-state index in [-0.39, 0.29) is 17.8 Å². The van der Waals surface area contributed by atoms with Crippen LogP contribution in [0.4, 0.5) is 15.0 Å². The van der Waals surface area contributed by atoms with E-state index in [0.717, 1.165) is 0 Å². The highest BCUT2D eigenvalue weighted by molar-refractivity contribution is 6.29. The number of nitrogens with zero attached hydrogens (tertiary/aromatic N) is 4. The summed E-state index contributed by atoms with van der Waals surface area (Å²) < 4.78 is 26.3. The molecule has 0 saturated carbocycles. The molecule has 4 atom stereocenters. The van der Waals surface area contributed by atoms with Gasteiger partial charge in [-0.3, -0.25) is 4.90 Å². The molecule has 3 heterocycles. The summed E-state index contributed by atoms with van der Waals surface area (Å²) >= 11 is 5.77. The fourth-order valence-electron chi connectivity index (χ4n) is 3.49. The lowest BCUT2D eigenvalue weighted by Gasteiger charge is -2.51. The standard InChI is InChI=1S/C17H24ClFN4O3/c1-17(2,3)26-16(24)23-10-7-11(15(19)12(23)9-25-8-10)22(4)14-6-5-13(18)20-21-14/h5-6,10-12,15H,7-9H2,1-4H3/t10-,11+,12+,15+/m0/s1. The lowest BCUT2D eigenvalue weighted by atomic mass is 9.88. The molecule has 0 spiro atoms. The van der Waals surface area contributed by atoms with Gasteiger partial charge < -0.3 is 14.4 Å². The third-order valence-corrected chi connectivity index (χ3v) is 4.88. The van der Waals surface area contributed by atoms with E-state index in [1.54, 1.807) is 44.9 Å². The first kappa shape index (κ1) is 19.1. The van der Waals surface area contributed by atoms with E-state index in [1.165, 1.54) is 4.90 Å². The van der Waals surface area contributed by atoms with Gasteiger partial charge in [0.15, 0.2) is 11.0 Å². The highest BCUT2D eigenvalue weighted by atomic mass is 35.5. The average Bonchev–Trinajstić information content (AvgIpc) is 2.56. The molecule has 2 aliphatic heterocycles. The molecule has 0 aromatic carbocycles. The van der Waals surface area contributed by atoms with Crippen LogP contribution in [0.2, 0.25) is 5.15 Å². The Balaban J connectivity index is 1.79. The van der Waals surface area contributed by atoms with Crippen molar-refractivity contribution in [1.82, 2.24) is 15.1 Å². The molecule has 144 valence electrons. The topological polar surface area (TPSA) is 67.8 Å². The van der Waals surface area contributed by atoms with Crippen molar-refractivity contribution in [2.24, 2.45) is 0 Å². The summed E-state index contributed by atoms with van der Waals surface area (Å²) in [5.74, 6) is 0.534. The second-order valence-corrected chi connectivity index (χ2v) is 8.11. The third kappa shape index (κ3) is 3.86. The number of fused-ring (bicyclic) bond motifs is 2. The Labute approximate surface area is 157 Å².